The summed E-state index contributed by atoms with van der Waals surface area (Å²) >= 11 is 3.32. The van der Waals surface area contributed by atoms with E-state index in [-0.39, 0.29) is 5.91 Å². The van der Waals surface area contributed by atoms with Crippen LogP contribution in [0, 0.1) is 0 Å². The lowest BCUT2D eigenvalue weighted by Gasteiger charge is -2.06. The van der Waals surface area contributed by atoms with E-state index in [1.165, 1.54) is 41.1 Å². The molecule has 0 unspecified atom stereocenters. The number of oxazole rings is 1. The Bertz CT molecular complexity index is 813. The van der Waals surface area contributed by atoms with Crippen molar-refractivity contribution >= 4 is 28.6 Å². The Labute approximate surface area is 147 Å². The molecule has 5 nitrogen and oxygen atoms in total. The highest BCUT2D eigenvalue weighted by molar-refractivity contribution is 7.13. The summed E-state index contributed by atoms with van der Waals surface area (Å²) in [6.45, 7) is 0.558. The molecular formula is C17H17N3O2S2. The average Bonchev–Trinajstić information content (AvgIpc) is 3.33. The van der Waals surface area contributed by atoms with Gasteiger partial charge < -0.3 is 9.73 Å². The summed E-state index contributed by atoms with van der Waals surface area (Å²) < 4.78 is 5.38. The molecule has 7 heteroatoms. The number of amides is 1. The Hall–Kier alpha value is -1.99. The second-order valence-electron chi connectivity index (χ2n) is 5.70. The molecule has 0 aliphatic heterocycles. The Kier molecular flexibility index (Phi) is 4.44. The number of aromatic nitrogens is 2. The number of hydrogen-bond donors (Lipinski definition) is 1. The highest BCUT2D eigenvalue weighted by atomic mass is 32.1. The van der Waals surface area contributed by atoms with E-state index >= 15 is 0 Å². The number of thiazole rings is 1. The summed E-state index contributed by atoms with van der Waals surface area (Å²) in [7, 11) is 0. The Morgan fingerprint density at radius 1 is 1.33 bits per heavy atom. The van der Waals surface area contributed by atoms with E-state index in [4.69, 9.17) is 9.40 Å². The van der Waals surface area contributed by atoms with E-state index in [0.29, 0.717) is 18.0 Å². The molecule has 0 fully saturated rings. The average molecular weight is 359 g/mol. The van der Waals surface area contributed by atoms with Gasteiger partial charge >= 0.3 is 0 Å². The quantitative estimate of drug-likeness (QED) is 0.754. The van der Waals surface area contributed by atoms with Gasteiger partial charge in [-0.1, -0.05) is 6.07 Å². The molecule has 0 saturated heterocycles. The number of fused-ring (bicyclic) bond motifs is 1. The molecule has 4 rings (SSSR count). The van der Waals surface area contributed by atoms with Crippen LogP contribution in [0.5, 0.6) is 0 Å². The van der Waals surface area contributed by atoms with Crippen molar-refractivity contribution in [1.82, 2.24) is 15.3 Å². The van der Waals surface area contributed by atoms with Gasteiger partial charge in [0.05, 0.1) is 15.6 Å². The lowest BCUT2D eigenvalue weighted by atomic mass is 10.0. The Morgan fingerprint density at radius 3 is 3.08 bits per heavy atom. The maximum absolute atomic E-state index is 12.4. The zero-order valence-electron chi connectivity index (χ0n) is 13.1. The Morgan fingerprint density at radius 2 is 2.25 bits per heavy atom. The van der Waals surface area contributed by atoms with E-state index in [1.54, 1.807) is 11.3 Å². The molecule has 3 aromatic heterocycles. The van der Waals surface area contributed by atoms with E-state index in [2.05, 4.69) is 10.3 Å². The van der Waals surface area contributed by atoms with Gasteiger partial charge in [-0.05, 0) is 37.1 Å². The lowest BCUT2D eigenvalue weighted by molar-refractivity contribution is 0.0950. The fourth-order valence-corrected chi connectivity index (χ4v) is 4.74. The van der Waals surface area contributed by atoms with Crippen molar-refractivity contribution in [3.8, 4) is 10.6 Å². The zero-order valence-corrected chi connectivity index (χ0v) is 14.7. The van der Waals surface area contributed by atoms with Crippen LogP contribution in [-0.2, 0) is 19.3 Å². The summed E-state index contributed by atoms with van der Waals surface area (Å²) in [5, 5.41) is 5.99. The maximum atomic E-state index is 12.4. The molecule has 0 spiro atoms. The van der Waals surface area contributed by atoms with Gasteiger partial charge in [0.25, 0.3) is 5.91 Å². The number of carbonyl (C=O) groups is 1. The van der Waals surface area contributed by atoms with E-state index < -0.39 is 0 Å². The zero-order chi connectivity index (χ0) is 16.4. The molecule has 0 atom stereocenters. The molecule has 1 aliphatic rings. The lowest BCUT2D eigenvalue weighted by Crippen LogP contribution is -2.26. The normalized spacial score (nSPS) is 13.7. The topological polar surface area (TPSA) is 68.0 Å². The summed E-state index contributed by atoms with van der Waals surface area (Å²) in [5.74, 6) is 0.334. The number of thiophene rings is 1. The SMILES string of the molecule is O=C(NCCc1nc2c(s1)CCCC2)c1ncoc1-c1cccs1. The minimum Gasteiger partial charge on any atom is -0.442 e. The van der Waals surface area contributed by atoms with Crippen molar-refractivity contribution in [2.24, 2.45) is 0 Å². The second kappa shape index (κ2) is 6.86. The van der Waals surface area contributed by atoms with Gasteiger partial charge in [0.2, 0.25) is 0 Å². The van der Waals surface area contributed by atoms with E-state index in [9.17, 15) is 4.79 Å². The summed E-state index contributed by atoms with van der Waals surface area (Å²) in [4.78, 5) is 23.5. The molecule has 1 N–H and O–H groups in total. The minimum atomic E-state index is -0.200. The largest absolute Gasteiger partial charge is 0.442 e. The van der Waals surface area contributed by atoms with Gasteiger partial charge in [0.15, 0.2) is 17.8 Å². The smallest absolute Gasteiger partial charge is 0.273 e. The number of hydrogen-bond acceptors (Lipinski definition) is 6. The highest BCUT2D eigenvalue weighted by Crippen LogP contribution is 2.28. The van der Waals surface area contributed by atoms with Crippen LogP contribution in [0.3, 0.4) is 0 Å². The van der Waals surface area contributed by atoms with E-state index in [0.717, 1.165) is 29.1 Å². The van der Waals surface area contributed by atoms with Crippen molar-refractivity contribution in [3.05, 3.63) is 45.2 Å². The molecule has 24 heavy (non-hydrogen) atoms. The molecule has 1 amide bonds. The number of nitrogens with zero attached hydrogens (tertiary/aromatic N) is 2. The van der Waals surface area contributed by atoms with Crippen molar-refractivity contribution < 1.29 is 9.21 Å². The summed E-state index contributed by atoms with van der Waals surface area (Å²) in [6.07, 6.45) is 6.84. The first-order valence-corrected chi connectivity index (χ1v) is 9.74. The van der Waals surface area contributed by atoms with Crippen molar-refractivity contribution in [3.63, 3.8) is 0 Å². The van der Waals surface area contributed by atoms with Crippen molar-refractivity contribution in [2.45, 2.75) is 32.1 Å². The van der Waals surface area contributed by atoms with Gasteiger partial charge in [-0.3, -0.25) is 4.79 Å². The molecule has 1 aliphatic carbocycles. The van der Waals surface area contributed by atoms with Gasteiger partial charge in [-0.2, -0.15) is 0 Å². The predicted molar refractivity (Wildman–Crippen MR) is 94.6 cm³/mol. The van der Waals surface area contributed by atoms with E-state index in [1.807, 2.05) is 17.5 Å². The summed E-state index contributed by atoms with van der Waals surface area (Å²) in [6, 6.07) is 3.84. The number of rotatable bonds is 5. The van der Waals surface area contributed by atoms with Gasteiger partial charge in [0.1, 0.15) is 0 Å². The standard InChI is InChI=1S/C17H17N3O2S2/c21-17(15-16(22-10-19-15)13-6-3-9-23-13)18-8-7-14-20-11-4-1-2-5-12(11)24-14/h3,6,9-10H,1-2,4-5,7-8H2,(H,18,21). The maximum Gasteiger partial charge on any atom is 0.273 e. The van der Waals surface area contributed by atoms with Crippen LogP contribution in [0.2, 0.25) is 0 Å². The molecule has 0 saturated carbocycles. The number of nitrogens with one attached hydrogen (secondary N) is 1. The third-order valence-corrected chi connectivity index (χ3v) is 6.13. The fraction of sp³-hybridized carbons (Fsp3) is 0.353. The monoisotopic (exact) mass is 359 g/mol. The van der Waals surface area contributed by atoms with Crippen molar-refractivity contribution in [2.75, 3.05) is 6.54 Å². The predicted octanol–water partition coefficient (Wildman–Crippen LogP) is 3.71. The Balaban J connectivity index is 1.37. The third-order valence-electron chi connectivity index (χ3n) is 4.04. The summed E-state index contributed by atoms with van der Waals surface area (Å²) in [5.41, 5.74) is 1.61. The van der Waals surface area contributed by atoms with Crippen LogP contribution in [0.15, 0.2) is 28.3 Å². The van der Waals surface area contributed by atoms with Crippen LogP contribution < -0.4 is 5.32 Å². The van der Waals surface area contributed by atoms with Gasteiger partial charge in [0, 0.05) is 17.8 Å². The van der Waals surface area contributed by atoms with Gasteiger partial charge in [-0.15, -0.1) is 22.7 Å². The molecule has 0 radical (unpaired) electrons. The van der Waals surface area contributed by atoms with Crippen molar-refractivity contribution in [1.29, 1.82) is 0 Å². The van der Waals surface area contributed by atoms with Crippen LogP contribution in [-0.4, -0.2) is 22.4 Å². The van der Waals surface area contributed by atoms with Crippen LogP contribution >= 0.6 is 22.7 Å². The molecular weight excluding hydrogens is 342 g/mol. The molecule has 124 valence electrons. The van der Waals surface area contributed by atoms with Crippen LogP contribution in [0.4, 0.5) is 0 Å². The van der Waals surface area contributed by atoms with Crippen LogP contribution in [0.1, 0.15) is 38.9 Å². The molecule has 0 aromatic carbocycles. The first-order valence-electron chi connectivity index (χ1n) is 8.04. The molecule has 0 bridgehead atoms. The first-order chi connectivity index (χ1) is 11.8. The number of carbonyl (C=O) groups excluding carboxylic acids is 1. The van der Waals surface area contributed by atoms with Gasteiger partial charge in [-0.25, -0.2) is 9.97 Å². The second-order valence-corrected chi connectivity index (χ2v) is 7.81. The fourth-order valence-electron chi connectivity index (χ4n) is 2.87. The molecule has 3 aromatic rings. The highest BCUT2D eigenvalue weighted by Gasteiger charge is 2.19. The molecule has 3 heterocycles. The first kappa shape index (κ1) is 15.5. The minimum absolute atomic E-state index is 0.200. The van der Waals surface area contributed by atoms with Crippen LogP contribution in [0.25, 0.3) is 10.6 Å². The third kappa shape index (κ3) is 3.14. The number of aryl methyl sites for hydroxylation is 2.